The number of amides is 1. The fourth-order valence-electron chi connectivity index (χ4n) is 7.10. The highest BCUT2D eigenvalue weighted by Crippen LogP contribution is 2.61. The third-order valence-corrected chi connectivity index (χ3v) is 7.93. The summed E-state index contributed by atoms with van der Waals surface area (Å²) < 4.78 is 5.88. The molecule has 1 amide bonds. The molecule has 4 aliphatic rings. The number of anilines is 1. The molecule has 0 spiro atoms. The summed E-state index contributed by atoms with van der Waals surface area (Å²) in [6.45, 7) is -0.542. The van der Waals surface area contributed by atoms with Gasteiger partial charge in [-0.15, -0.1) is 0 Å². The van der Waals surface area contributed by atoms with Crippen molar-refractivity contribution in [3.05, 3.63) is 40.8 Å². The van der Waals surface area contributed by atoms with Crippen LogP contribution in [0.3, 0.4) is 0 Å². The van der Waals surface area contributed by atoms with Gasteiger partial charge in [0, 0.05) is 29.1 Å². The SMILES string of the molecule is COC(=O)[C@@H](CO)n1ccc2c(NC(=O)CC34CC5CC(CC(C5)C3)C4)cccc2c1=O. The van der Waals surface area contributed by atoms with E-state index in [1.807, 2.05) is 0 Å². The smallest absolute Gasteiger partial charge is 0.331 e. The van der Waals surface area contributed by atoms with Crippen molar-refractivity contribution < 1.29 is 19.4 Å². The standard InChI is InChI=1S/C25H30N2O5/c1-32-24(31)21(14-28)27-6-5-18-19(23(27)30)3-2-4-20(18)26-22(29)13-25-10-15-7-16(11-25)9-17(8-15)12-25/h2-6,15-17,21,28H,7-14H2,1H3,(H,26,29)/t15?,16?,17?,21-,25?/m1/s1. The quantitative estimate of drug-likeness (QED) is 0.675. The summed E-state index contributed by atoms with van der Waals surface area (Å²) in [4.78, 5) is 38.1. The zero-order valence-corrected chi connectivity index (χ0v) is 18.4. The summed E-state index contributed by atoms with van der Waals surface area (Å²) in [5.41, 5.74) is 0.328. The summed E-state index contributed by atoms with van der Waals surface area (Å²) >= 11 is 0. The number of aliphatic hydroxyl groups is 1. The first-order valence-electron chi connectivity index (χ1n) is 11.5. The molecule has 4 fully saturated rings. The predicted molar refractivity (Wildman–Crippen MR) is 120 cm³/mol. The van der Waals surface area contributed by atoms with Gasteiger partial charge in [0.05, 0.1) is 13.7 Å². The van der Waals surface area contributed by atoms with Crippen molar-refractivity contribution in [1.82, 2.24) is 4.57 Å². The molecule has 4 bridgehead atoms. The molecule has 170 valence electrons. The van der Waals surface area contributed by atoms with Crippen LogP contribution in [0.1, 0.15) is 51.0 Å². The van der Waals surface area contributed by atoms with E-state index < -0.39 is 24.2 Å². The molecule has 4 aliphatic carbocycles. The molecule has 0 aliphatic heterocycles. The van der Waals surface area contributed by atoms with Crippen LogP contribution in [0.25, 0.3) is 10.8 Å². The van der Waals surface area contributed by atoms with Gasteiger partial charge >= 0.3 is 5.97 Å². The zero-order chi connectivity index (χ0) is 22.5. The average Bonchev–Trinajstić information content (AvgIpc) is 2.74. The Morgan fingerprint density at radius 2 is 1.78 bits per heavy atom. The van der Waals surface area contributed by atoms with Gasteiger partial charge in [0.2, 0.25) is 5.91 Å². The van der Waals surface area contributed by atoms with Gasteiger partial charge in [0.15, 0.2) is 6.04 Å². The molecular weight excluding hydrogens is 408 g/mol. The molecule has 2 aromatic rings. The van der Waals surface area contributed by atoms with Crippen molar-refractivity contribution >= 4 is 28.3 Å². The Bertz CT molecular complexity index is 1090. The lowest BCUT2D eigenvalue weighted by molar-refractivity contribution is -0.145. The van der Waals surface area contributed by atoms with E-state index in [4.69, 9.17) is 4.74 Å². The number of nitrogens with zero attached hydrogens (tertiary/aromatic N) is 1. The molecule has 0 radical (unpaired) electrons. The Morgan fingerprint density at radius 1 is 1.12 bits per heavy atom. The minimum absolute atomic E-state index is 0.00595. The lowest BCUT2D eigenvalue weighted by Crippen LogP contribution is -2.47. The van der Waals surface area contributed by atoms with Crippen molar-refractivity contribution in [3.63, 3.8) is 0 Å². The van der Waals surface area contributed by atoms with Crippen molar-refractivity contribution in [3.8, 4) is 0 Å². The molecule has 7 heteroatoms. The van der Waals surface area contributed by atoms with Crippen LogP contribution < -0.4 is 10.9 Å². The van der Waals surface area contributed by atoms with Crippen LogP contribution in [-0.4, -0.2) is 35.3 Å². The van der Waals surface area contributed by atoms with Crippen molar-refractivity contribution in [2.45, 2.75) is 51.0 Å². The third-order valence-electron chi connectivity index (χ3n) is 7.93. The summed E-state index contributed by atoms with van der Waals surface area (Å²) in [5.74, 6) is 1.69. The van der Waals surface area contributed by atoms with E-state index in [0.29, 0.717) is 22.9 Å². The van der Waals surface area contributed by atoms with Crippen LogP contribution in [0.15, 0.2) is 35.3 Å². The van der Waals surface area contributed by atoms with Crippen molar-refractivity contribution in [1.29, 1.82) is 0 Å². The Morgan fingerprint density at radius 3 is 2.38 bits per heavy atom. The fraction of sp³-hybridized carbons (Fsp3) is 0.560. The van der Waals surface area contributed by atoms with E-state index in [-0.39, 0.29) is 11.3 Å². The first kappa shape index (κ1) is 21.2. The highest BCUT2D eigenvalue weighted by molar-refractivity contribution is 6.02. The number of aromatic nitrogens is 1. The lowest BCUT2D eigenvalue weighted by atomic mass is 9.49. The van der Waals surface area contributed by atoms with Crippen LogP contribution in [-0.2, 0) is 14.3 Å². The molecule has 1 atom stereocenters. The van der Waals surface area contributed by atoms with E-state index in [9.17, 15) is 19.5 Å². The molecule has 1 heterocycles. The minimum Gasteiger partial charge on any atom is -0.467 e. The molecule has 4 saturated carbocycles. The Balaban J connectivity index is 1.39. The predicted octanol–water partition coefficient (Wildman–Crippen LogP) is 3.25. The van der Waals surface area contributed by atoms with Crippen molar-refractivity contribution in [2.75, 3.05) is 19.0 Å². The number of pyridine rings is 1. The van der Waals surface area contributed by atoms with Crippen LogP contribution in [0.5, 0.6) is 0 Å². The zero-order valence-electron chi connectivity index (χ0n) is 18.4. The molecule has 1 aromatic carbocycles. The number of nitrogens with one attached hydrogen (secondary N) is 1. The number of carbonyl (C=O) groups is 2. The number of hydrogen-bond donors (Lipinski definition) is 2. The molecule has 0 unspecified atom stereocenters. The average molecular weight is 439 g/mol. The largest absolute Gasteiger partial charge is 0.467 e. The maximum absolute atomic E-state index is 13.1. The molecule has 2 N–H and O–H groups in total. The number of methoxy groups -OCH3 is 1. The maximum Gasteiger partial charge on any atom is 0.331 e. The fourth-order valence-corrected chi connectivity index (χ4v) is 7.10. The van der Waals surface area contributed by atoms with Crippen LogP contribution in [0.4, 0.5) is 5.69 Å². The monoisotopic (exact) mass is 438 g/mol. The normalized spacial score (nSPS) is 29.1. The first-order valence-corrected chi connectivity index (χ1v) is 11.5. The number of ether oxygens (including phenoxy) is 1. The van der Waals surface area contributed by atoms with Gasteiger partial charge in [-0.2, -0.15) is 0 Å². The van der Waals surface area contributed by atoms with Gasteiger partial charge in [0.1, 0.15) is 0 Å². The third kappa shape index (κ3) is 3.62. The summed E-state index contributed by atoms with van der Waals surface area (Å²) in [5, 5.41) is 13.6. The summed E-state index contributed by atoms with van der Waals surface area (Å²) in [6, 6.07) is 5.77. The van der Waals surface area contributed by atoms with Gasteiger partial charge in [-0.3, -0.25) is 14.2 Å². The molecule has 7 nitrogen and oxygen atoms in total. The minimum atomic E-state index is -1.11. The van der Waals surface area contributed by atoms with Gasteiger partial charge in [0.25, 0.3) is 5.56 Å². The summed E-state index contributed by atoms with van der Waals surface area (Å²) in [6.07, 6.45) is 9.55. The Labute approximate surface area is 186 Å². The highest BCUT2D eigenvalue weighted by Gasteiger charge is 2.51. The topological polar surface area (TPSA) is 97.6 Å². The van der Waals surface area contributed by atoms with E-state index in [1.165, 1.54) is 56.4 Å². The van der Waals surface area contributed by atoms with Gasteiger partial charge in [-0.05, 0) is 79.9 Å². The van der Waals surface area contributed by atoms with E-state index in [2.05, 4.69) is 5.32 Å². The van der Waals surface area contributed by atoms with Crippen LogP contribution >= 0.6 is 0 Å². The number of benzene rings is 1. The molecule has 0 saturated heterocycles. The maximum atomic E-state index is 13.1. The Hall–Kier alpha value is -2.67. The van der Waals surface area contributed by atoms with E-state index >= 15 is 0 Å². The second kappa shape index (κ2) is 8.03. The molecule has 32 heavy (non-hydrogen) atoms. The Kier molecular flexibility index (Phi) is 5.32. The van der Waals surface area contributed by atoms with Crippen LogP contribution in [0.2, 0.25) is 0 Å². The number of aliphatic hydroxyl groups excluding tert-OH is 1. The van der Waals surface area contributed by atoms with Crippen molar-refractivity contribution in [2.24, 2.45) is 23.2 Å². The van der Waals surface area contributed by atoms with Crippen LogP contribution in [0, 0.1) is 23.2 Å². The number of fused-ring (bicyclic) bond motifs is 1. The molecular formula is C25H30N2O5. The summed E-state index contributed by atoms with van der Waals surface area (Å²) in [7, 11) is 1.22. The number of rotatable bonds is 6. The number of esters is 1. The first-order chi connectivity index (χ1) is 15.4. The van der Waals surface area contributed by atoms with E-state index in [0.717, 1.165) is 17.8 Å². The second-order valence-electron chi connectivity index (χ2n) is 10.2. The van der Waals surface area contributed by atoms with Gasteiger partial charge in [-0.25, -0.2) is 4.79 Å². The van der Waals surface area contributed by atoms with Gasteiger partial charge < -0.3 is 15.2 Å². The lowest BCUT2D eigenvalue weighted by Gasteiger charge is -2.56. The van der Waals surface area contributed by atoms with Gasteiger partial charge in [-0.1, -0.05) is 6.07 Å². The number of hydrogen-bond acceptors (Lipinski definition) is 5. The highest BCUT2D eigenvalue weighted by atomic mass is 16.5. The molecule has 1 aromatic heterocycles. The number of carbonyl (C=O) groups excluding carboxylic acids is 2. The molecule has 6 rings (SSSR count). The van der Waals surface area contributed by atoms with E-state index in [1.54, 1.807) is 24.3 Å². The second-order valence-corrected chi connectivity index (χ2v) is 10.2.